The lowest BCUT2D eigenvalue weighted by Gasteiger charge is -2.15. The molecule has 0 spiro atoms. The molecule has 0 aromatic heterocycles. The molecule has 1 aliphatic rings. The fourth-order valence-electron chi connectivity index (χ4n) is 2.09. The van der Waals surface area contributed by atoms with E-state index in [0.717, 1.165) is 19.5 Å². The van der Waals surface area contributed by atoms with Gasteiger partial charge in [0.15, 0.2) is 0 Å². The molecule has 0 N–H and O–H groups in total. The molecule has 96 valence electrons. The van der Waals surface area contributed by atoms with Crippen molar-refractivity contribution in [1.82, 2.24) is 4.90 Å². The molecule has 1 unspecified atom stereocenters. The van der Waals surface area contributed by atoms with E-state index in [-0.39, 0.29) is 11.6 Å². The predicted octanol–water partition coefficient (Wildman–Crippen LogP) is 2.84. The van der Waals surface area contributed by atoms with Crippen LogP contribution in [0.3, 0.4) is 0 Å². The van der Waals surface area contributed by atoms with Crippen molar-refractivity contribution in [2.75, 3.05) is 13.1 Å². The molecule has 1 fully saturated rings. The zero-order valence-electron chi connectivity index (χ0n) is 9.93. The first kappa shape index (κ1) is 13.0. The summed E-state index contributed by atoms with van der Waals surface area (Å²) in [6.07, 6.45) is 0.990. The molecule has 1 aromatic rings. The van der Waals surface area contributed by atoms with E-state index in [1.165, 1.54) is 6.07 Å². The second-order valence-electron chi connectivity index (χ2n) is 4.57. The quantitative estimate of drug-likeness (QED) is 0.623. The van der Waals surface area contributed by atoms with Gasteiger partial charge in [-0.2, -0.15) is 0 Å². The van der Waals surface area contributed by atoms with Gasteiger partial charge < -0.3 is 4.90 Å². The van der Waals surface area contributed by atoms with Crippen molar-refractivity contribution in [2.24, 2.45) is 5.92 Å². The number of hydrogen-bond acceptors (Lipinski definition) is 3. The van der Waals surface area contributed by atoms with E-state index in [4.69, 9.17) is 0 Å². The normalized spacial score (nSPS) is 19.0. The number of amides is 1. The highest BCUT2D eigenvalue weighted by molar-refractivity contribution is 9.10. The van der Waals surface area contributed by atoms with Gasteiger partial charge in [0, 0.05) is 24.7 Å². The summed E-state index contributed by atoms with van der Waals surface area (Å²) >= 11 is 3.11. The molecule has 1 amide bonds. The Bertz CT molecular complexity index is 504. The minimum Gasteiger partial charge on any atom is -0.338 e. The van der Waals surface area contributed by atoms with Gasteiger partial charge in [0.1, 0.15) is 0 Å². The third-order valence-corrected chi connectivity index (χ3v) is 3.77. The second-order valence-corrected chi connectivity index (χ2v) is 5.42. The van der Waals surface area contributed by atoms with Gasteiger partial charge in [-0.3, -0.25) is 14.9 Å². The highest BCUT2D eigenvalue weighted by atomic mass is 79.9. The Balaban J connectivity index is 2.26. The van der Waals surface area contributed by atoms with Crippen molar-refractivity contribution in [3.05, 3.63) is 38.3 Å². The maximum Gasteiger partial charge on any atom is 0.284 e. The summed E-state index contributed by atoms with van der Waals surface area (Å²) in [4.78, 5) is 24.2. The van der Waals surface area contributed by atoms with Gasteiger partial charge in [-0.15, -0.1) is 0 Å². The Morgan fingerprint density at radius 1 is 1.56 bits per heavy atom. The molecule has 6 heteroatoms. The number of rotatable bonds is 2. The van der Waals surface area contributed by atoms with Crippen molar-refractivity contribution in [3.8, 4) is 0 Å². The Labute approximate surface area is 113 Å². The monoisotopic (exact) mass is 312 g/mol. The van der Waals surface area contributed by atoms with E-state index in [2.05, 4.69) is 22.9 Å². The van der Waals surface area contributed by atoms with E-state index in [0.29, 0.717) is 16.0 Å². The molecule has 2 rings (SSSR count). The van der Waals surface area contributed by atoms with Crippen molar-refractivity contribution in [2.45, 2.75) is 13.3 Å². The average molecular weight is 313 g/mol. The van der Waals surface area contributed by atoms with E-state index in [1.807, 2.05) is 0 Å². The van der Waals surface area contributed by atoms with Crippen LogP contribution in [0.2, 0.25) is 0 Å². The highest BCUT2D eigenvalue weighted by Gasteiger charge is 2.25. The molecule has 0 saturated carbocycles. The van der Waals surface area contributed by atoms with Crippen LogP contribution in [0.15, 0.2) is 22.7 Å². The van der Waals surface area contributed by atoms with Crippen LogP contribution in [0.5, 0.6) is 0 Å². The van der Waals surface area contributed by atoms with Crippen LogP contribution in [0.1, 0.15) is 23.7 Å². The number of nitro benzene ring substituents is 1. The maximum atomic E-state index is 12.2. The highest BCUT2D eigenvalue weighted by Crippen LogP contribution is 2.27. The molecule has 1 aromatic carbocycles. The Hall–Kier alpha value is -1.43. The van der Waals surface area contributed by atoms with Crippen molar-refractivity contribution in [1.29, 1.82) is 0 Å². The number of benzene rings is 1. The number of nitro groups is 1. The first-order chi connectivity index (χ1) is 8.49. The van der Waals surface area contributed by atoms with Crippen molar-refractivity contribution >= 4 is 27.5 Å². The summed E-state index contributed by atoms with van der Waals surface area (Å²) < 4.78 is 0.388. The molecule has 0 aliphatic carbocycles. The minimum absolute atomic E-state index is 0.0758. The Morgan fingerprint density at radius 2 is 2.28 bits per heavy atom. The molecule has 1 aliphatic heterocycles. The molecule has 18 heavy (non-hydrogen) atoms. The van der Waals surface area contributed by atoms with Gasteiger partial charge in [0.2, 0.25) is 0 Å². The zero-order valence-corrected chi connectivity index (χ0v) is 11.5. The third-order valence-electron chi connectivity index (χ3n) is 3.10. The molecule has 0 radical (unpaired) electrons. The first-order valence-electron chi connectivity index (χ1n) is 5.72. The SMILES string of the molecule is CC1CCN(C(=O)c2ccc(Br)c([N+](=O)[O-])c2)C1. The lowest BCUT2D eigenvalue weighted by atomic mass is 10.1. The number of hydrogen-bond donors (Lipinski definition) is 0. The summed E-state index contributed by atoms with van der Waals surface area (Å²) in [6.45, 7) is 3.55. The Kier molecular flexibility index (Phi) is 3.65. The lowest BCUT2D eigenvalue weighted by Crippen LogP contribution is -2.28. The lowest BCUT2D eigenvalue weighted by molar-refractivity contribution is -0.385. The van der Waals surface area contributed by atoms with Crippen LogP contribution in [-0.2, 0) is 0 Å². The molecular weight excluding hydrogens is 300 g/mol. The number of carbonyl (C=O) groups excluding carboxylic acids is 1. The second kappa shape index (κ2) is 5.06. The van der Waals surface area contributed by atoms with E-state index in [1.54, 1.807) is 17.0 Å². The fourth-order valence-corrected chi connectivity index (χ4v) is 2.48. The summed E-state index contributed by atoms with van der Waals surface area (Å²) in [5.74, 6) is 0.370. The van der Waals surface area contributed by atoms with Crippen molar-refractivity contribution in [3.63, 3.8) is 0 Å². The fraction of sp³-hybridized carbons (Fsp3) is 0.417. The van der Waals surface area contributed by atoms with Crippen LogP contribution in [-0.4, -0.2) is 28.8 Å². The molecule has 1 heterocycles. The summed E-state index contributed by atoms with van der Waals surface area (Å²) in [5.41, 5.74) is 0.298. The smallest absolute Gasteiger partial charge is 0.284 e. The van der Waals surface area contributed by atoms with Crippen molar-refractivity contribution < 1.29 is 9.72 Å². The summed E-state index contributed by atoms with van der Waals surface area (Å²) in [5, 5.41) is 10.8. The van der Waals surface area contributed by atoms with E-state index in [9.17, 15) is 14.9 Å². The third kappa shape index (κ3) is 2.53. The van der Waals surface area contributed by atoms with E-state index >= 15 is 0 Å². The molecule has 1 saturated heterocycles. The number of likely N-dealkylation sites (tertiary alicyclic amines) is 1. The predicted molar refractivity (Wildman–Crippen MR) is 70.5 cm³/mol. The standard InChI is InChI=1S/C12H13BrN2O3/c1-8-4-5-14(7-8)12(16)9-2-3-10(13)11(6-9)15(17)18/h2-3,6,8H,4-5,7H2,1H3. The van der Waals surface area contributed by atoms with Gasteiger partial charge >= 0.3 is 0 Å². The molecule has 1 atom stereocenters. The minimum atomic E-state index is -0.493. The zero-order chi connectivity index (χ0) is 13.3. The summed E-state index contributed by atoms with van der Waals surface area (Å²) in [6, 6.07) is 4.49. The molecular formula is C12H13BrN2O3. The number of nitrogens with zero attached hydrogens (tertiary/aromatic N) is 2. The maximum absolute atomic E-state index is 12.2. The topological polar surface area (TPSA) is 63.5 Å². The van der Waals surface area contributed by atoms with Crippen LogP contribution in [0.25, 0.3) is 0 Å². The largest absolute Gasteiger partial charge is 0.338 e. The number of halogens is 1. The van der Waals surface area contributed by atoms with Crippen LogP contribution >= 0.6 is 15.9 Å². The van der Waals surface area contributed by atoms with Crippen LogP contribution in [0.4, 0.5) is 5.69 Å². The average Bonchev–Trinajstić information content (AvgIpc) is 2.75. The van der Waals surface area contributed by atoms with Gasteiger partial charge in [-0.25, -0.2) is 0 Å². The van der Waals surface area contributed by atoms with Gasteiger partial charge in [0.05, 0.1) is 9.40 Å². The van der Waals surface area contributed by atoms with Gasteiger partial charge in [0.25, 0.3) is 11.6 Å². The summed E-state index contributed by atoms with van der Waals surface area (Å²) in [7, 11) is 0. The van der Waals surface area contributed by atoms with Gasteiger partial charge in [-0.05, 0) is 40.4 Å². The Morgan fingerprint density at radius 3 is 2.83 bits per heavy atom. The first-order valence-corrected chi connectivity index (χ1v) is 6.51. The molecule has 5 nitrogen and oxygen atoms in total. The number of carbonyl (C=O) groups is 1. The van der Waals surface area contributed by atoms with E-state index < -0.39 is 4.92 Å². The van der Waals surface area contributed by atoms with Crippen LogP contribution in [0, 0.1) is 16.0 Å². The van der Waals surface area contributed by atoms with Crippen LogP contribution < -0.4 is 0 Å². The van der Waals surface area contributed by atoms with Gasteiger partial charge in [-0.1, -0.05) is 6.92 Å². The molecule has 0 bridgehead atoms.